The van der Waals surface area contributed by atoms with Crippen LogP contribution in [-0.2, 0) is 14.8 Å². The number of sulfonamides is 1. The lowest BCUT2D eigenvalue weighted by molar-refractivity contribution is -0.137. The topological polar surface area (TPSA) is 98.2 Å². The Hall–Kier alpha value is -2.04. The van der Waals surface area contributed by atoms with Crippen LogP contribution in [0.4, 0.5) is 4.39 Å². The summed E-state index contributed by atoms with van der Waals surface area (Å²) in [6.07, 6.45) is 1.35. The fourth-order valence-corrected chi connectivity index (χ4v) is 4.03. The van der Waals surface area contributed by atoms with Crippen molar-refractivity contribution >= 4 is 21.9 Å². The van der Waals surface area contributed by atoms with E-state index in [4.69, 9.17) is 5.11 Å². The van der Waals surface area contributed by atoms with Crippen molar-refractivity contribution in [1.29, 1.82) is 0 Å². The molecular weight excluding hydrogens is 389 g/mol. The van der Waals surface area contributed by atoms with E-state index in [0.717, 1.165) is 0 Å². The summed E-state index contributed by atoms with van der Waals surface area (Å²) >= 11 is 0. The van der Waals surface area contributed by atoms with Gasteiger partial charge in [-0.25, -0.2) is 12.8 Å². The molecule has 2 rings (SSSR count). The Morgan fingerprint density at radius 2 is 1.75 bits per heavy atom. The molecule has 1 amide bonds. The number of amides is 1. The first-order valence-electron chi connectivity index (χ1n) is 9.00. The van der Waals surface area contributed by atoms with Crippen LogP contribution in [0.2, 0.25) is 0 Å². The second-order valence-electron chi connectivity index (χ2n) is 6.97. The van der Waals surface area contributed by atoms with Crippen molar-refractivity contribution < 1.29 is 27.5 Å². The van der Waals surface area contributed by atoms with Crippen molar-refractivity contribution in [3.05, 3.63) is 35.6 Å². The van der Waals surface area contributed by atoms with Crippen molar-refractivity contribution in [2.45, 2.75) is 18.9 Å². The van der Waals surface area contributed by atoms with E-state index < -0.39 is 21.8 Å². The highest BCUT2D eigenvalue weighted by atomic mass is 32.2. The molecule has 28 heavy (non-hydrogen) atoms. The fraction of sp³-hybridized carbons (Fsp3) is 0.556. The first kappa shape index (κ1) is 22.3. The number of hydrogen-bond donors (Lipinski definition) is 1. The van der Waals surface area contributed by atoms with Crippen molar-refractivity contribution in [3.63, 3.8) is 0 Å². The predicted octanol–water partition coefficient (Wildman–Crippen LogP) is 0.708. The van der Waals surface area contributed by atoms with Gasteiger partial charge in [0.1, 0.15) is 5.82 Å². The van der Waals surface area contributed by atoms with Crippen LogP contribution < -0.4 is 0 Å². The SMILES string of the molecule is CN(C(=O)c1ccc(F)cc1)C(CCC(=O)O)CN1CCN(S(C)(=O)=O)CC1. The third-order valence-corrected chi connectivity index (χ3v) is 6.22. The molecule has 1 atom stereocenters. The summed E-state index contributed by atoms with van der Waals surface area (Å²) in [5.74, 6) is -1.70. The van der Waals surface area contributed by atoms with Gasteiger partial charge in [0.25, 0.3) is 5.91 Å². The second-order valence-corrected chi connectivity index (χ2v) is 8.95. The van der Waals surface area contributed by atoms with E-state index >= 15 is 0 Å². The monoisotopic (exact) mass is 415 g/mol. The summed E-state index contributed by atoms with van der Waals surface area (Å²) in [5, 5.41) is 9.03. The van der Waals surface area contributed by atoms with Crippen LogP contribution in [0.3, 0.4) is 0 Å². The Bertz CT molecular complexity index is 792. The number of nitrogens with zero attached hydrogens (tertiary/aromatic N) is 3. The Morgan fingerprint density at radius 3 is 2.25 bits per heavy atom. The smallest absolute Gasteiger partial charge is 0.303 e. The predicted molar refractivity (Wildman–Crippen MR) is 102 cm³/mol. The molecule has 1 aromatic rings. The minimum Gasteiger partial charge on any atom is -0.481 e. The van der Waals surface area contributed by atoms with Gasteiger partial charge in [-0.2, -0.15) is 4.31 Å². The molecule has 1 aliphatic heterocycles. The van der Waals surface area contributed by atoms with E-state index in [1.54, 1.807) is 7.05 Å². The van der Waals surface area contributed by atoms with Crippen LogP contribution >= 0.6 is 0 Å². The number of carbonyl (C=O) groups excluding carboxylic acids is 1. The lowest BCUT2D eigenvalue weighted by Crippen LogP contribution is -2.52. The Labute approximate surface area is 164 Å². The van der Waals surface area contributed by atoms with E-state index in [2.05, 4.69) is 0 Å². The van der Waals surface area contributed by atoms with Crippen LogP contribution in [0, 0.1) is 5.82 Å². The molecule has 0 aliphatic carbocycles. The number of rotatable bonds is 8. The number of benzene rings is 1. The second kappa shape index (κ2) is 9.44. The van der Waals surface area contributed by atoms with Gasteiger partial charge in [-0.3, -0.25) is 14.5 Å². The summed E-state index contributed by atoms with van der Waals surface area (Å²) in [5.41, 5.74) is 0.325. The van der Waals surface area contributed by atoms with Gasteiger partial charge in [-0.15, -0.1) is 0 Å². The summed E-state index contributed by atoms with van der Waals surface area (Å²) < 4.78 is 37.8. The number of piperazine rings is 1. The van der Waals surface area contributed by atoms with E-state index in [1.165, 1.54) is 39.7 Å². The average Bonchev–Trinajstić information content (AvgIpc) is 2.64. The molecule has 1 aliphatic rings. The number of carboxylic acids is 1. The third-order valence-electron chi connectivity index (χ3n) is 4.92. The van der Waals surface area contributed by atoms with Gasteiger partial charge in [0.05, 0.1) is 6.26 Å². The maximum Gasteiger partial charge on any atom is 0.303 e. The molecule has 0 spiro atoms. The molecule has 1 heterocycles. The van der Waals surface area contributed by atoms with E-state index in [1.807, 2.05) is 4.90 Å². The Kier molecular flexibility index (Phi) is 7.50. The molecule has 1 aromatic carbocycles. The number of hydrogen-bond acceptors (Lipinski definition) is 5. The molecule has 10 heteroatoms. The Balaban J connectivity index is 2.05. The first-order chi connectivity index (χ1) is 13.1. The first-order valence-corrected chi connectivity index (χ1v) is 10.8. The van der Waals surface area contributed by atoms with Crippen LogP contribution in [0.1, 0.15) is 23.2 Å². The summed E-state index contributed by atoms with van der Waals surface area (Å²) in [6, 6.07) is 4.84. The summed E-state index contributed by atoms with van der Waals surface area (Å²) in [4.78, 5) is 27.3. The molecule has 0 bridgehead atoms. The molecule has 0 saturated carbocycles. The number of aliphatic carboxylic acids is 1. The molecule has 1 N–H and O–H groups in total. The zero-order valence-corrected chi connectivity index (χ0v) is 16.9. The molecular formula is C18H26FN3O5S. The largest absolute Gasteiger partial charge is 0.481 e. The molecule has 1 fully saturated rings. The molecule has 1 saturated heterocycles. The van der Waals surface area contributed by atoms with Gasteiger partial charge >= 0.3 is 5.97 Å². The summed E-state index contributed by atoms with van der Waals surface area (Å²) in [6.45, 7) is 2.18. The zero-order valence-electron chi connectivity index (χ0n) is 16.0. The van der Waals surface area contributed by atoms with Gasteiger partial charge < -0.3 is 10.0 Å². The highest BCUT2D eigenvalue weighted by molar-refractivity contribution is 7.88. The highest BCUT2D eigenvalue weighted by Gasteiger charge is 2.28. The number of likely N-dealkylation sites (N-methyl/N-ethyl adjacent to an activating group) is 1. The van der Waals surface area contributed by atoms with Crippen LogP contribution in [0.5, 0.6) is 0 Å². The highest BCUT2D eigenvalue weighted by Crippen LogP contribution is 2.15. The number of carbonyl (C=O) groups is 2. The van der Waals surface area contributed by atoms with Crippen molar-refractivity contribution in [2.24, 2.45) is 0 Å². The lowest BCUT2D eigenvalue weighted by atomic mass is 10.1. The molecule has 8 nitrogen and oxygen atoms in total. The van der Waals surface area contributed by atoms with E-state index in [0.29, 0.717) is 38.3 Å². The summed E-state index contributed by atoms with van der Waals surface area (Å²) in [7, 11) is -1.63. The molecule has 1 unspecified atom stereocenters. The maximum atomic E-state index is 13.1. The van der Waals surface area contributed by atoms with Crippen molar-refractivity contribution in [2.75, 3.05) is 46.0 Å². The van der Waals surface area contributed by atoms with Crippen molar-refractivity contribution in [1.82, 2.24) is 14.1 Å². The van der Waals surface area contributed by atoms with E-state index in [9.17, 15) is 22.4 Å². The van der Waals surface area contributed by atoms with Crippen molar-refractivity contribution in [3.8, 4) is 0 Å². The van der Waals surface area contributed by atoms with Gasteiger partial charge in [0.15, 0.2) is 0 Å². The number of halogens is 1. The molecule has 156 valence electrons. The van der Waals surface area contributed by atoms with Crippen LogP contribution in [0.15, 0.2) is 24.3 Å². The lowest BCUT2D eigenvalue weighted by Gasteiger charge is -2.37. The number of carboxylic acid groups (broad SMARTS) is 1. The quantitative estimate of drug-likeness (QED) is 0.672. The minimum absolute atomic E-state index is 0.0883. The van der Waals surface area contributed by atoms with Gasteiger partial charge in [0.2, 0.25) is 10.0 Å². The van der Waals surface area contributed by atoms with Crippen LogP contribution in [0.25, 0.3) is 0 Å². The Morgan fingerprint density at radius 1 is 1.18 bits per heavy atom. The minimum atomic E-state index is -3.23. The fourth-order valence-electron chi connectivity index (χ4n) is 3.20. The maximum absolute atomic E-state index is 13.1. The molecule has 0 radical (unpaired) electrons. The normalized spacial score (nSPS) is 17.2. The standard InChI is InChI=1S/C18H26FN3O5S/c1-20(18(25)14-3-5-15(19)6-4-14)16(7-8-17(23)24)13-21-9-11-22(12-10-21)28(2,26)27/h3-6,16H,7-13H2,1-2H3,(H,23,24). The molecule has 0 aromatic heterocycles. The zero-order chi connectivity index (χ0) is 20.9. The van der Waals surface area contributed by atoms with Crippen LogP contribution in [-0.4, -0.2) is 91.6 Å². The van der Waals surface area contributed by atoms with Gasteiger partial charge in [-0.1, -0.05) is 0 Å². The van der Waals surface area contributed by atoms with E-state index in [-0.39, 0.29) is 24.8 Å². The average molecular weight is 415 g/mol. The third kappa shape index (κ3) is 6.25. The van der Waals surface area contributed by atoms with Gasteiger partial charge in [0, 0.05) is 57.8 Å². The van der Waals surface area contributed by atoms with Gasteiger partial charge in [-0.05, 0) is 30.7 Å².